The molecule has 2 aliphatic rings. The summed E-state index contributed by atoms with van der Waals surface area (Å²) in [6.45, 7) is 4.64. The van der Waals surface area contributed by atoms with Crippen LogP contribution in [0.1, 0.15) is 36.0 Å². The van der Waals surface area contributed by atoms with Gasteiger partial charge in [0.15, 0.2) is 0 Å². The molecule has 0 unspecified atom stereocenters. The van der Waals surface area contributed by atoms with Crippen molar-refractivity contribution in [2.24, 2.45) is 11.8 Å². The topological polar surface area (TPSA) is 26.8 Å². The Hall–Kier alpha value is -2.49. The van der Waals surface area contributed by atoms with Gasteiger partial charge in [-0.05, 0) is 73.9 Å². The average molecular weight is 392 g/mol. The zero-order valence-corrected chi connectivity index (χ0v) is 17.8. The van der Waals surface area contributed by atoms with Gasteiger partial charge in [0.25, 0.3) is 5.91 Å². The Bertz CT molecular complexity index is 787. The van der Waals surface area contributed by atoms with Crippen molar-refractivity contribution in [1.29, 1.82) is 0 Å². The van der Waals surface area contributed by atoms with Gasteiger partial charge in [-0.2, -0.15) is 0 Å². The summed E-state index contributed by atoms with van der Waals surface area (Å²) in [5.41, 5.74) is 3.38. The number of benzene rings is 2. The number of piperidine rings is 2. The Morgan fingerprint density at radius 1 is 0.724 bits per heavy atom. The van der Waals surface area contributed by atoms with Crippen molar-refractivity contribution in [2.75, 3.05) is 50.1 Å². The summed E-state index contributed by atoms with van der Waals surface area (Å²) >= 11 is 0. The number of para-hydroxylation sites is 1. The van der Waals surface area contributed by atoms with Gasteiger partial charge in [-0.1, -0.05) is 18.2 Å². The molecule has 0 atom stereocenters. The number of hydrogen-bond donors (Lipinski definition) is 0. The van der Waals surface area contributed by atoms with Crippen molar-refractivity contribution >= 4 is 17.3 Å². The number of carbonyl (C=O) groups is 1. The molecular formula is C25H33N3O. The molecule has 2 aromatic rings. The number of anilines is 2. The summed E-state index contributed by atoms with van der Waals surface area (Å²) in [5, 5.41) is 0. The lowest BCUT2D eigenvalue weighted by Gasteiger charge is -2.41. The van der Waals surface area contributed by atoms with Crippen LogP contribution in [0.5, 0.6) is 0 Å². The molecule has 2 saturated heterocycles. The first-order valence-corrected chi connectivity index (χ1v) is 11.0. The van der Waals surface area contributed by atoms with E-state index in [0.717, 1.165) is 30.5 Å². The minimum absolute atomic E-state index is 0.0668. The third kappa shape index (κ3) is 4.58. The molecule has 0 aromatic heterocycles. The SMILES string of the molecule is CN(C)C(=O)c1ccc(N2CCC(C3CCN(c4ccccc4)CC3)CC2)cc1. The van der Waals surface area contributed by atoms with Crippen molar-refractivity contribution in [3.05, 3.63) is 60.2 Å². The highest BCUT2D eigenvalue weighted by molar-refractivity contribution is 5.94. The van der Waals surface area contributed by atoms with Gasteiger partial charge in [-0.25, -0.2) is 0 Å². The van der Waals surface area contributed by atoms with E-state index < -0.39 is 0 Å². The van der Waals surface area contributed by atoms with E-state index in [0.29, 0.717) is 0 Å². The number of hydrogen-bond acceptors (Lipinski definition) is 3. The second-order valence-electron chi connectivity index (χ2n) is 8.73. The maximum absolute atomic E-state index is 12.1. The van der Waals surface area contributed by atoms with Crippen molar-refractivity contribution in [1.82, 2.24) is 4.90 Å². The Morgan fingerprint density at radius 3 is 1.62 bits per heavy atom. The van der Waals surface area contributed by atoms with E-state index in [1.807, 2.05) is 12.1 Å². The van der Waals surface area contributed by atoms with E-state index >= 15 is 0 Å². The van der Waals surface area contributed by atoms with Crippen LogP contribution in [0.4, 0.5) is 11.4 Å². The lowest BCUT2D eigenvalue weighted by atomic mass is 9.78. The van der Waals surface area contributed by atoms with Crippen LogP contribution in [0.15, 0.2) is 54.6 Å². The van der Waals surface area contributed by atoms with Crippen LogP contribution in [-0.4, -0.2) is 51.1 Å². The highest BCUT2D eigenvalue weighted by Crippen LogP contribution is 2.35. The average Bonchev–Trinajstić information content (AvgIpc) is 2.79. The Kier molecular flexibility index (Phi) is 6.08. The molecule has 154 valence electrons. The van der Waals surface area contributed by atoms with Gasteiger partial charge in [-0.3, -0.25) is 4.79 Å². The first-order chi connectivity index (χ1) is 14.1. The molecule has 2 fully saturated rings. The van der Waals surface area contributed by atoms with Crippen molar-refractivity contribution in [3.63, 3.8) is 0 Å². The second-order valence-corrected chi connectivity index (χ2v) is 8.73. The lowest BCUT2D eigenvalue weighted by molar-refractivity contribution is 0.0827. The van der Waals surface area contributed by atoms with Crippen LogP contribution in [0.3, 0.4) is 0 Å². The fourth-order valence-corrected chi connectivity index (χ4v) is 4.97. The predicted molar refractivity (Wildman–Crippen MR) is 121 cm³/mol. The highest BCUT2D eigenvalue weighted by atomic mass is 16.2. The van der Waals surface area contributed by atoms with E-state index in [2.05, 4.69) is 52.3 Å². The van der Waals surface area contributed by atoms with Crippen LogP contribution in [0, 0.1) is 11.8 Å². The summed E-state index contributed by atoms with van der Waals surface area (Å²) in [6, 6.07) is 19.0. The minimum Gasteiger partial charge on any atom is -0.372 e. The Labute approximate surface area is 175 Å². The third-order valence-corrected chi connectivity index (χ3v) is 6.75. The second kappa shape index (κ2) is 8.89. The quantitative estimate of drug-likeness (QED) is 0.767. The summed E-state index contributed by atoms with van der Waals surface area (Å²) < 4.78 is 0. The fourth-order valence-electron chi connectivity index (χ4n) is 4.97. The molecule has 4 heteroatoms. The van der Waals surface area contributed by atoms with Gasteiger partial charge in [0, 0.05) is 57.2 Å². The number of nitrogens with zero attached hydrogens (tertiary/aromatic N) is 3. The van der Waals surface area contributed by atoms with Crippen LogP contribution >= 0.6 is 0 Å². The largest absolute Gasteiger partial charge is 0.372 e. The van der Waals surface area contributed by atoms with Crippen LogP contribution in [0.25, 0.3) is 0 Å². The molecule has 2 aliphatic heterocycles. The van der Waals surface area contributed by atoms with Crippen LogP contribution in [-0.2, 0) is 0 Å². The summed E-state index contributed by atoms with van der Waals surface area (Å²) in [4.78, 5) is 18.7. The maximum Gasteiger partial charge on any atom is 0.253 e. The molecule has 0 N–H and O–H groups in total. The van der Waals surface area contributed by atoms with Crippen LogP contribution < -0.4 is 9.80 Å². The predicted octanol–water partition coefficient (Wildman–Crippen LogP) is 4.52. The van der Waals surface area contributed by atoms with E-state index in [1.165, 1.54) is 50.1 Å². The third-order valence-electron chi connectivity index (χ3n) is 6.75. The monoisotopic (exact) mass is 391 g/mol. The molecule has 2 aromatic carbocycles. The maximum atomic E-state index is 12.1. The zero-order valence-electron chi connectivity index (χ0n) is 17.8. The zero-order chi connectivity index (χ0) is 20.2. The van der Waals surface area contributed by atoms with E-state index in [1.54, 1.807) is 19.0 Å². The molecule has 0 spiro atoms. The molecule has 4 rings (SSSR count). The van der Waals surface area contributed by atoms with E-state index in [4.69, 9.17) is 0 Å². The van der Waals surface area contributed by atoms with Crippen molar-refractivity contribution < 1.29 is 4.79 Å². The van der Waals surface area contributed by atoms with Crippen molar-refractivity contribution in [3.8, 4) is 0 Å². The smallest absolute Gasteiger partial charge is 0.253 e. The Balaban J connectivity index is 1.27. The molecule has 29 heavy (non-hydrogen) atoms. The fraction of sp³-hybridized carbons (Fsp3) is 0.480. The molecule has 0 radical (unpaired) electrons. The van der Waals surface area contributed by atoms with Gasteiger partial charge in [0.2, 0.25) is 0 Å². The van der Waals surface area contributed by atoms with Crippen LogP contribution in [0.2, 0.25) is 0 Å². The Morgan fingerprint density at radius 2 is 1.17 bits per heavy atom. The molecule has 0 saturated carbocycles. The number of rotatable bonds is 4. The number of amides is 1. The van der Waals surface area contributed by atoms with Gasteiger partial charge >= 0.3 is 0 Å². The summed E-state index contributed by atoms with van der Waals surface area (Å²) in [6.07, 6.45) is 5.21. The van der Waals surface area contributed by atoms with Gasteiger partial charge in [0.05, 0.1) is 0 Å². The van der Waals surface area contributed by atoms with Gasteiger partial charge < -0.3 is 14.7 Å². The summed E-state index contributed by atoms with van der Waals surface area (Å²) in [5.74, 6) is 1.80. The standard InChI is InChI=1S/C25H33N3O/c1-26(2)25(29)22-8-10-24(11-9-22)28-18-14-21(15-19-28)20-12-16-27(17-13-20)23-6-4-3-5-7-23/h3-11,20-21H,12-19H2,1-2H3. The van der Waals surface area contributed by atoms with E-state index in [-0.39, 0.29) is 5.91 Å². The molecule has 4 nitrogen and oxygen atoms in total. The molecule has 2 heterocycles. The van der Waals surface area contributed by atoms with Gasteiger partial charge in [0.1, 0.15) is 0 Å². The molecular weight excluding hydrogens is 358 g/mol. The highest BCUT2D eigenvalue weighted by Gasteiger charge is 2.29. The summed E-state index contributed by atoms with van der Waals surface area (Å²) in [7, 11) is 3.59. The van der Waals surface area contributed by atoms with E-state index in [9.17, 15) is 4.79 Å². The molecule has 1 amide bonds. The number of carbonyl (C=O) groups excluding carboxylic acids is 1. The van der Waals surface area contributed by atoms with Crippen molar-refractivity contribution in [2.45, 2.75) is 25.7 Å². The first-order valence-electron chi connectivity index (χ1n) is 11.0. The normalized spacial score (nSPS) is 18.7. The minimum atomic E-state index is 0.0668. The first kappa shape index (κ1) is 19.8. The molecule has 0 aliphatic carbocycles. The molecule has 0 bridgehead atoms. The van der Waals surface area contributed by atoms with Gasteiger partial charge in [-0.15, -0.1) is 0 Å². The lowest BCUT2D eigenvalue weighted by Crippen LogP contribution is -2.41.